The summed E-state index contributed by atoms with van der Waals surface area (Å²) in [4.78, 5) is 21.9. The summed E-state index contributed by atoms with van der Waals surface area (Å²) in [5.41, 5.74) is 4.71. The molecular formula is C26H36IN5O2. The number of halogens is 1. The van der Waals surface area contributed by atoms with Crippen LogP contribution in [-0.2, 0) is 29.0 Å². The zero-order valence-corrected chi connectivity index (χ0v) is 22.3. The van der Waals surface area contributed by atoms with Gasteiger partial charge < -0.3 is 20.3 Å². The maximum atomic E-state index is 12.4. The van der Waals surface area contributed by atoms with Crippen LogP contribution < -0.4 is 10.6 Å². The van der Waals surface area contributed by atoms with Crippen molar-refractivity contribution in [1.82, 2.24) is 15.1 Å². The van der Waals surface area contributed by atoms with Gasteiger partial charge in [0.2, 0.25) is 5.91 Å². The molecule has 1 amide bonds. The molecule has 0 unspecified atom stereocenters. The minimum absolute atomic E-state index is 0. The summed E-state index contributed by atoms with van der Waals surface area (Å²) in [6.45, 7) is 9.41. The van der Waals surface area contributed by atoms with Crippen molar-refractivity contribution in [2.24, 2.45) is 4.99 Å². The Morgan fingerprint density at radius 1 is 1.06 bits per heavy atom. The van der Waals surface area contributed by atoms with E-state index in [1.807, 2.05) is 18.2 Å². The minimum atomic E-state index is 0. The SMILES string of the molecule is CCNC(=NCc1cccc(NC(=O)CCN2CCOCC2)c1)N1CCc2ccccc2C1.I. The van der Waals surface area contributed by atoms with E-state index >= 15 is 0 Å². The molecule has 0 aromatic heterocycles. The highest BCUT2D eigenvalue weighted by molar-refractivity contribution is 14.0. The van der Waals surface area contributed by atoms with E-state index in [1.54, 1.807) is 0 Å². The number of benzene rings is 2. The highest BCUT2D eigenvalue weighted by atomic mass is 127. The average Bonchev–Trinajstić information content (AvgIpc) is 2.86. The van der Waals surface area contributed by atoms with Gasteiger partial charge in [-0.25, -0.2) is 4.99 Å². The molecule has 2 heterocycles. The Morgan fingerprint density at radius 3 is 2.65 bits per heavy atom. The van der Waals surface area contributed by atoms with Gasteiger partial charge in [0.25, 0.3) is 0 Å². The number of fused-ring (bicyclic) bond motifs is 1. The highest BCUT2D eigenvalue weighted by Gasteiger charge is 2.18. The maximum absolute atomic E-state index is 12.4. The molecule has 7 nitrogen and oxygen atoms in total. The van der Waals surface area contributed by atoms with Crippen LogP contribution in [-0.4, -0.2) is 67.6 Å². The van der Waals surface area contributed by atoms with Crippen LogP contribution in [0, 0.1) is 0 Å². The van der Waals surface area contributed by atoms with E-state index in [-0.39, 0.29) is 29.9 Å². The van der Waals surface area contributed by atoms with Crippen molar-refractivity contribution in [2.45, 2.75) is 32.9 Å². The van der Waals surface area contributed by atoms with Crippen molar-refractivity contribution in [3.8, 4) is 0 Å². The first-order valence-corrected chi connectivity index (χ1v) is 12.0. The van der Waals surface area contributed by atoms with Crippen LogP contribution in [0.5, 0.6) is 0 Å². The molecule has 0 bridgehead atoms. The first-order chi connectivity index (χ1) is 16.2. The summed E-state index contributed by atoms with van der Waals surface area (Å²) >= 11 is 0. The third-order valence-electron chi connectivity index (χ3n) is 6.15. The first-order valence-electron chi connectivity index (χ1n) is 12.0. The number of aliphatic imine (C=N–C) groups is 1. The van der Waals surface area contributed by atoms with Gasteiger partial charge >= 0.3 is 0 Å². The number of carbonyl (C=O) groups is 1. The van der Waals surface area contributed by atoms with E-state index in [4.69, 9.17) is 9.73 Å². The number of nitrogens with one attached hydrogen (secondary N) is 2. The molecule has 0 spiro atoms. The Bertz CT molecular complexity index is 962. The van der Waals surface area contributed by atoms with Gasteiger partial charge in [0.05, 0.1) is 19.8 Å². The fourth-order valence-electron chi connectivity index (χ4n) is 4.32. The van der Waals surface area contributed by atoms with Gasteiger partial charge in [0.15, 0.2) is 5.96 Å². The van der Waals surface area contributed by atoms with Crippen LogP contribution >= 0.6 is 24.0 Å². The molecule has 2 aliphatic rings. The number of hydrogen-bond acceptors (Lipinski definition) is 4. The van der Waals surface area contributed by atoms with Gasteiger partial charge in [0.1, 0.15) is 0 Å². The molecule has 8 heteroatoms. The Balaban J connectivity index is 0.00000324. The van der Waals surface area contributed by atoms with Crippen molar-refractivity contribution in [3.63, 3.8) is 0 Å². The normalized spacial score (nSPS) is 16.4. The first kappa shape index (κ1) is 26.4. The number of carbonyl (C=O) groups excluding carboxylic acids is 1. The van der Waals surface area contributed by atoms with E-state index in [2.05, 4.69) is 57.7 Å². The molecule has 0 radical (unpaired) electrons. The summed E-state index contributed by atoms with van der Waals surface area (Å²) < 4.78 is 5.36. The van der Waals surface area contributed by atoms with Crippen LogP contribution in [0.4, 0.5) is 5.69 Å². The number of rotatable bonds is 7. The van der Waals surface area contributed by atoms with Gasteiger partial charge in [-0.1, -0.05) is 36.4 Å². The Hall–Kier alpha value is -2.17. The Kier molecular flexibility index (Phi) is 10.6. The summed E-state index contributed by atoms with van der Waals surface area (Å²) in [6.07, 6.45) is 1.52. The van der Waals surface area contributed by atoms with Crippen molar-refractivity contribution in [3.05, 3.63) is 65.2 Å². The second kappa shape index (κ2) is 13.7. The summed E-state index contributed by atoms with van der Waals surface area (Å²) in [5.74, 6) is 0.981. The second-order valence-electron chi connectivity index (χ2n) is 8.56. The maximum Gasteiger partial charge on any atom is 0.225 e. The molecule has 0 saturated carbocycles. The lowest BCUT2D eigenvalue weighted by Gasteiger charge is -2.31. The van der Waals surface area contributed by atoms with E-state index in [0.717, 1.165) is 76.1 Å². The standard InChI is InChI=1S/C26H35N5O2.HI/c1-2-27-26(31-13-10-22-7-3-4-8-23(22)20-31)28-19-21-6-5-9-24(18-21)29-25(32)11-12-30-14-16-33-17-15-30;/h3-9,18H,2,10-17,19-20H2,1H3,(H,27,28)(H,29,32);1H. The molecular weight excluding hydrogens is 541 g/mol. The second-order valence-corrected chi connectivity index (χ2v) is 8.56. The van der Waals surface area contributed by atoms with Crippen molar-refractivity contribution >= 4 is 41.5 Å². The van der Waals surface area contributed by atoms with Crippen LogP contribution in [0.2, 0.25) is 0 Å². The largest absolute Gasteiger partial charge is 0.379 e. The van der Waals surface area contributed by atoms with Gasteiger partial charge in [-0.05, 0) is 42.2 Å². The fourth-order valence-corrected chi connectivity index (χ4v) is 4.32. The predicted octanol–water partition coefficient (Wildman–Crippen LogP) is 3.49. The quantitative estimate of drug-likeness (QED) is 0.300. The molecule has 0 aliphatic carbocycles. The summed E-state index contributed by atoms with van der Waals surface area (Å²) in [5, 5.41) is 6.48. The predicted molar refractivity (Wildman–Crippen MR) is 148 cm³/mol. The van der Waals surface area contributed by atoms with E-state index in [9.17, 15) is 4.79 Å². The third kappa shape index (κ3) is 7.68. The minimum Gasteiger partial charge on any atom is -0.379 e. The molecule has 34 heavy (non-hydrogen) atoms. The van der Waals surface area contributed by atoms with Gasteiger partial charge in [-0.3, -0.25) is 9.69 Å². The zero-order chi connectivity index (χ0) is 22.9. The van der Waals surface area contributed by atoms with Gasteiger partial charge in [-0.2, -0.15) is 0 Å². The monoisotopic (exact) mass is 577 g/mol. The fraction of sp³-hybridized carbons (Fsp3) is 0.462. The molecule has 2 N–H and O–H groups in total. The molecule has 2 aliphatic heterocycles. The topological polar surface area (TPSA) is 69.2 Å². The Labute approximate surface area is 220 Å². The van der Waals surface area contributed by atoms with Crippen molar-refractivity contribution < 1.29 is 9.53 Å². The Morgan fingerprint density at radius 2 is 1.85 bits per heavy atom. The third-order valence-corrected chi connectivity index (χ3v) is 6.15. The lowest BCUT2D eigenvalue weighted by Crippen LogP contribution is -2.44. The number of amides is 1. The molecule has 1 fully saturated rings. The number of ether oxygens (including phenoxy) is 1. The van der Waals surface area contributed by atoms with Crippen LogP contribution in [0.3, 0.4) is 0 Å². The number of morpholine rings is 1. The molecule has 4 rings (SSSR count). The number of guanidine groups is 1. The molecule has 184 valence electrons. The van der Waals surface area contributed by atoms with Crippen LogP contribution in [0.25, 0.3) is 0 Å². The number of hydrogen-bond donors (Lipinski definition) is 2. The highest BCUT2D eigenvalue weighted by Crippen LogP contribution is 2.19. The summed E-state index contributed by atoms with van der Waals surface area (Å²) in [6, 6.07) is 16.6. The lowest BCUT2D eigenvalue weighted by atomic mass is 10.0. The lowest BCUT2D eigenvalue weighted by molar-refractivity contribution is -0.116. The molecule has 0 atom stereocenters. The molecule has 2 aromatic carbocycles. The van der Waals surface area contributed by atoms with E-state index in [0.29, 0.717) is 13.0 Å². The zero-order valence-electron chi connectivity index (χ0n) is 20.0. The average molecular weight is 578 g/mol. The number of nitrogens with zero attached hydrogens (tertiary/aromatic N) is 3. The van der Waals surface area contributed by atoms with Gasteiger partial charge in [-0.15, -0.1) is 24.0 Å². The smallest absolute Gasteiger partial charge is 0.225 e. The van der Waals surface area contributed by atoms with Crippen LogP contribution in [0.1, 0.15) is 30.0 Å². The molecule has 2 aromatic rings. The van der Waals surface area contributed by atoms with E-state index < -0.39 is 0 Å². The van der Waals surface area contributed by atoms with E-state index in [1.165, 1.54) is 11.1 Å². The molecule has 1 saturated heterocycles. The van der Waals surface area contributed by atoms with Crippen molar-refractivity contribution in [2.75, 3.05) is 51.3 Å². The van der Waals surface area contributed by atoms with Gasteiger partial charge in [0, 0.05) is 51.4 Å². The summed E-state index contributed by atoms with van der Waals surface area (Å²) in [7, 11) is 0. The number of anilines is 1. The van der Waals surface area contributed by atoms with Crippen molar-refractivity contribution in [1.29, 1.82) is 0 Å². The van der Waals surface area contributed by atoms with Crippen LogP contribution in [0.15, 0.2) is 53.5 Å².